The van der Waals surface area contributed by atoms with Gasteiger partial charge in [-0.25, -0.2) is 0 Å². The van der Waals surface area contributed by atoms with Crippen molar-refractivity contribution in [2.45, 2.75) is 13.5 Å². The van der Waals surface area contributed by atoms with Crippen LogP contribution in [0.1, 0.15) is 11.3 Å². The van der Waals surface area contributed by atoms with Crippen LogP contribution in [-0.4, -0.2) is 24.1 Å². The maximum absolute atomic E-state index is 12.9. The van der Waals surface area contributed by atoms with Crippen LogP contribution in [0.4, 0.5) is 0 Å². The first kappa shape index (κ1) is 17.5. The number of nitrogens with zero attached hydrogens (tertiary/aromatic N) is 1. The highest BCUT2D eigenvalue weighted by atomic mass is 79.9. The standard InChI is InChI=1S/C19H18BrNO4/c1-11-18(25-16-7-5-4-6-14(16)20)17(23)12-8-9-15(22)13(10-21(2)3)19(12)24-11/h4-9,22H,10H2,1-3H3. The topological polar surface area (TPSA) is 62.9 Å². The number of phenols is 1. The Kier molecular flexibility index (Phi) is 4.83. The van der Waals surface area contributed by atoms with Crippen LogP contribution in [0, 0.1) is 6.92 Å². The lowest BCUT2D eigenvalue weighted by molar-refractivity contribution is 0.381. The van der Waals surface area contributed by atoms with E-state index in [1.807, 2.05) is 37.2 Å². The number of aromatic hydroxyl groups is 1. The number of phenolic OH excluding ortho intramolecular Hbond substituents is 1. The van der Waals surface area contributed by atoms with Gasteiger partial charge < -0.3 is 19.2 Å². The molecule has 0 saturated carbocycles. The van der Waals surface area contributed by atoms with Crippen molar-refractivity contribution in [1.82, 2.24) is 4.90 Å². The predicted molar refractivity (Wildman–Crippen MR) is 100 cm³/mol. The molecule has 0 unspecified atom stereocenters. The summed E-state index contributed by atoms with van der Waals surface area (Å²) in [7, 11) is 3.77. The van der Waals surface area contributed by atoms with Gasteiger partial charge in [0.15, 0.2) is 0 Å². The van der Waals surface area contributed by atoms with Crippen molar-refractivity contribution in [3.63, 3.8) is 0 Å². The summed E-state index contributed by atoms with van der Waals surface area (Å²) >= 11 is 3.40. The van der Waals surface area contributed by atoms with Crippen molar-refractivity contribution in [2.24, 2.45) is 0 Å². The van der Waals surface area contributed by atoms with Crippen molar-refractivity contribution >= 4 is 26.9 Å². The van der Waals surface area contributed by atoms with Crippen LogP contribution in [0.3, 0.4) is 0 Å². The lowest BCUT2D eigenvalue weighted by atomic mass is 10.1. The monoisotopic (exact) mass is 403 g/mol. The fraction of sp³-hybridized carbons (Fsp3) is 0.211. The molecule has 0 amide bonds. The lowest BCUT2D eigenvalue weighted by Gasteiger charge is -2.15. The number of ether oxygens (including phenoxy) is 1. The summed E-state index contributed by atoms with van der Waals surface area (Å²) in [6.45, 7) is 2.13. The Labute approximate surface area is 153 Å². The van der Waals surface area contributed by atoms with Crippen molar-refractivity contribution in [1.29, 1.82) is 0 Å². The summed E-state index contributed by atoms with van der Waals surface area (Å²) in [4.78, 5) is 14.8. The Balaban J connectivity index is 2.19. The van der Waals surface area contributed by atoms with E-state index in [0.717, 1.165) is 4.47 Å². The van der Waals surface area contributed by atoms with Crippen LogP contribution in [0.25, 0.3) is 11.0 Å². The Morgan fingerprint density at radius 1 is 1.20 bits per heavy atom. The molecule has 3 rings (SSSR count). The molecule has 2 aromatic carbocycles. The third kappa shape index (κ3) is 3.41. The second kappa shape index (κ2) is 6.90. The number of para-hydroxylation sites is 1. The van der Waals surface area contributed by atoms with E-state index < -0.39 is 0 Å². The molecular formula is C19H18BrNO4. The minimum atomic E-state index is -0.269. The van der Waals surface area contributed by atoms with Crippen molar-refractivity contribution in [3.05, 3.63) is 62.4 Å². The maximum atomic E-state index is 12.9. The van der Waals surface area contributed by atoms with E-state index >= 15 is 0 Å². The Morgan fingerprint density at radius 2 is 1.92 bits per heavy atom. The molecule has 1 heterocycles. The fourth-order valence-electron chi connectivity index (χ4n) is 2.62. The summed E-state index contributed by atoms with van der Waals surface area (Å²) in [5.41, 5.74) is 0.695. The van der Waals surface area contributed by atoms with Gasteiger partial charge in [0.1, 0.15) is 22.8 Å². The Bertz CT molecular complexity index is 995. The number of fused-ring (bicyclic) bond motifs is 1. The summed E-state index contributed by atoms with van der Waals surface area (Å²) in [6.07, 6.45) is 0. The van der Waals surface area contributed by atoms with Gasteiger partial charge in [-0.15, -0.1) is 0 Å². The number of hydrogen-bond donors (Lipinski definition) is 1. The zero-order valence-corrected chi connectivity index (χ0v) is 15.8. The zero-order chi connectivity index (χ0) is 18.1. The number of hydrogen-bond acceptors (Lipinski definition) is 5. The molecule has 0 radical (unpaired) electrons. The maximum Gasteiger partial charge on any atom is 0.235 e. The second-order valence-corrected chi connectivity index (χ2v) is 6.88. The number of benzene rings is 2. The van der Waals surface area contributed by atoms with Crippen molar-refractivity contribution < 1.29 is 14.3 Å². The highest BCUT2D eigenvalue weighted by Crippen LogP contribution is 2.33. The van der Waals surface area contributed by atoms with Gasteiger partial charge >= 0.3 is 0 Å². The normalized spacial score (nSPS) is 11.2. The van der Waals surface area contributed by atoms with E-state index in [1.165, 1.54) is 6.07 Å². The predicted octanol–water partition coefficient (Wildman–Crippen LogP) is 4.42. The van der Waals surface area contributed by atoms with Crippen molar-refractivity contribution in [3.8, 4) is 17.2 Å². The second-order valence-electron chi connectivity index (χ2n) is 6.03. The molecule has 6 heteroatoms. The first-order valence-corrected chi connectivity index (χ1v) is 8.53. The minimum absolute atomic E-state index is 0.100. The fourth-order valence-corrected chi connectivity index (χ4v) is 2.98. The average Bonchev–Trinajstić information content (AvgIpc) is 2.55. The summed E-state index contributed by atoms with van der Waals surface area (Å²) < 4.78 is 12.4. The number of aryl methyl sites for hydroxylation is 1. The van der Waals surface area contributed by atoms with Gasteiger partial charge in [-0.1, -0.05) is 12.1 Å². The summed E-state index contributed by atoms with van der Waals surface area (Å²) in [6, 6.07) is 10.4. The van der Waals surface area contributed by atoms with Gasteiger partial charge in [0.05, 0.1) is 15.4 Å². The smallest absolute Gasteiger partial charge is 0.235 e. The van der Waals surface area contributed by atoms with Crippen LogP contribution in [0.5, 0.6) is 17.2 Å². The van der Waals surface area contributed by atoms with E-state index in [2.05, 4.69) is 15.9 Å². The van der Waals surface area contributed by atoms with E-state index in [4.69, 9.17) is 9.15 Å². The lowest BCUT2D eigenvalue weighted by Crippen LogP contribution is -2.13. The molecule has 5 nitrogen and oxygen atoms in total. The van der Waals surface area contributed by atoms with Crippen LogP contribution >= 0.6 is 15.9 Å². The molecule has 0 spiro atoms. The van der Waals surface area contributed by atoms with Gasteiger partial charge in [0.2, 0.25) is 11.2 Å². The van der Waals surface area contributed by atoms with Gasteiger partial charge in [0.25, 0.3) is 0 Å². The SMILES string of the molecule is Cc1oc2c(CN(C)C)c(O)ccc2c(=O)c1Oc1ccccc1Br. The molecule has 0 aliphatic rings. The van der Waals surface area contributed by atoms with Crippen LogP contribution < -0.4 is 10.2 Å². The van der Waals surface area contributed by atoms with Crippen LogP contribution in [0.2, 0.25) is 0 Å². The molecule has 25 heavy (non-hydrogen) atoms. The first-order chi connectivity index (χ1) is 11.9. The highest BCUT2D eigenvalue weighted by Gasteiger charge is 2.19. The molecule has 0 fully saturated rings. The summed E-state index contributed by atoms with van der Waals surface area (Å²) in [5, 5.41) is 10.5. The molecule has 1 aromatic heterocycles. The highest BCUT2D eigenvalue weighted by molar-refractivity contribution is 9.10. The van der Waals surface area contributed by atoms with Gasteiger partial charge in [-0.2, -0.15) is 0 Å². The third-order valence-corrected chi connectivity index (χ3v) is 4.44. The largest absolute Gasteiger partial charge is 0.507 e. The first-order valence-electron chi connectivity index (χ1n) is 7.74. The Hall–Kier alpha value is -2.31. The molecule has 0 atom stereocenters. The molecule has 0 aliphatic heterocycles. The summed E-state index contributed by atoms with van der Waals surface area (Å²) in [5.74, 6) is 1.13. The van der Waals surface area contributed by atoms with E-state index in [9.17, 15) is 9.90 Å². The van der Waals surface area contributed by atoms with Gasteiger partial charge in [-0.3, -0.25) is 4.79 Å². The molecule has 0 aliphatic carbocycles. The van der Waals surface area contributed by atoms with E-state index in [1.54, 1.807) is 19.1 Å². The molecule has 0 saturated heterocycles. The van der Waals surface area contributed by atoms with E-state index in [-0.39, 0.29) is 16.9 Å². The molecular weight excluding hydrogens is 386 g/mol. The molecule has 130 valence electrons. The quantitative estimate of drug-likeness (QED) is 0.698. The van der Waals surface area contributed by atoms with Crippen LogP contribution in [-0.2, 0) is 6.54 Å². The average molecular weight is 404 g/mol. The third-order valence-electron chi connectivity index (χ3n) is 3.78. The van der Waals surface area contributed by atoms with Crippen LogP contribution in [0.15, 0.2) is 50.1 Å². The van der Waals surface area contributed by atoms with Crippen molar-refractivity contribution in [2.75, 3.05) is 14.1 Å². The van der Waals surface area contributed by atoms with Gasteiger partial charge in [0, 0.05) is 6.54 Å². The number of halogens is 1. The number of rotatable bonds is 4. The molecule has 3 aromatic rings. The van der Waals surface area contributed by atoms with E-state index in [0.29, 0.717) is 34.6 Å². The molecule has 0 bridgehead atoms. The minimum Gasteiger partial charge on any atom is -0.507 e. The molecule has 1 N–H and O–H groups in total. The Morgan fingerprint density at radius 3 is 2.60 bits per heavy atom. The van der Waals surface area contributed by atoms with Gasteiger partial charge in [-0.05, 0) is 61.2 Å². The zero-order valence-electron chi connectivity index (χ0n) is 14.2.